The van der Waals surface area contributed by atoms with Crippen molar-refractivity contribution in [2.75, 3.05) is 11.1 Å². The number of hydrogen-bond acceptors (Lipinski definition) is 3. The van der Waals surface area contributed by atoms with Crippen molar-refractivity contribution in [1.29, 1.82) is 5.26 Å². The molecule has 100 valence electrons. The smallest absolute Gasteiger partial charge is 0.101 e. The van der Waals surface area contributed by atoms with Crippen LogP contribution in [0.25, 0.3) is 0 Å². The largest absolute Gasteiger partial charge is 0.398 e. The second kappa shape index (κ2) is 5.26. The lowest BCUT2D eigenvalue weighted by atomic mass is 9.87. The third kappa shape index (κ3) is 2.33. The number of nitriles is 1. The van der Waals surface area contributed by atoms with Crippen LogP contribution in [0.15, 0.2) is 42.5 Å². The van der Waals surface area contributed by atoms with Crippen molar-refractivity contribution < 1.29 is 0 Å². The Morgan fingerprint density at radius 2 is 2.05 bits per heavy atom. The number of aryl methyl sites for hydroxylation is 1. The van der Waals surface area contributed by atoms with E-state index in [1.54, 1.807) is 6.07 Å². The number of anilines is 2. The van der Waals surface area contributed by atoms with Crippen LogP contribution in [-0.4, -0.2) is 0 Å². The molecule has 0 fully saturated rings. The maximum absolute atomic E-state index is 8.91. The fourth-order valence-electron chi connectivity index (χ4n) is 2.86. The predicted octanol–water partition coefficient (Wildman–Crippen LogP) is 3.63. The number of nitrogens with one attached hydrogen (secondary N) is 1. The first-order valence-corrected chi connectivity index (χ1v) is 6.92. The zero-order valence-corrected chi connectivity index (χ0v) is 11.3. The van der Waals surface area contributed by atoms with Gasteiger partial charge in [-0.15, -0.1) is 0 Å². The second-order valence-electron chi connectivity index (χ2n) is 5.20. The van der Waals surface area contributed by atoms with Crippen LogP contribution in [0.2, 0.25) is 0 Å². The van der Waals surface area contributed by atoms with Gasteiger partial charge in [-0.1, -0.05) is 24.3 Å². The van der Waals surface area contributed by atoms with Crippen molar-refractivity contribution in [1.82, 2.24) is 0 Å². The maximum atomic E-state index is 8.91. The van der Waals surface area contributed by atoms with Gasteiger partial charge in [0.05, 0.1) is 17.3 Å². The van der Waals surface area contributed by atoms with Crippen LogP contribution >= 0.6 is 0 Å². The Kier molecular flexibility index (Phi) is 3.30. The molecule has 2 aromatic rings. The number of fused-ring (bicyclic) bond motifs is 1. The summed E-state index contributed by atoms with van der Waals surface area (Å²) in [7, 11) is 0. The molecule has 0 amide bonds. The van der Waals surface area contributed by atoms with Crippen molar-refractivity contribution in [2.24, 2.45) is 0 Å². The highest BCUT2D eigenvalue weighted by molar-refractivity contribution is 5.63. The third-order valence-corrected chi connectivity index (χ3v) is 3.88. The standard InChI is InChI=1S/C17H17N3/c18-11-13-8-9-14(10-16(13)19)20-17-7-3-5-12-4-1-2-6-15(12)17/h1-2,4,6,8-10,17,20H,3,5,7,19H2. The van der Waals surface area contributed by atoms with E-state index in [1.165, 1.54) is 17.5 Å². The summed E-state index contributed by atoms with van der Waals surface area (Å²) in [5.74, 6) is 0. The molecule has 1 atom stereocenters. The fourth-order valence-corrected chi connectivity index (χ4v) is 2.86. The van der Waals surface area contributed by atoms with Gasteiger partial charge in [-0.2, -0.15) is 5.26 Å². The van der Waals surface area contributed by atoms with Crippen LogP contribution < -0.4 is 11.1 Å². The molecule has 0 aliphatic heterocycles. The van der Waals surface area contributed by atoms with Crippen LogP contribution in [0.1, 0.15) is 35.6 Å². The topological polar surface area (TPSA) is 61.8 Å². The van der Waals surface area contributed by atoms with Crippen molar-refractivity contribution in [3.63, 3.8) is 0 Å². The highest BCUT2D eigenvalue weighted by Gasteiger charge is 2.19. The van der Waals surface area contributed by atoms with Gasteiger partial charge < -0.3 is 11.1 Å². The first kappa shape index (κ1) is 12.6. The molecule has 0 bridgehead atoms. The number of rotatable bonds is 2. The van der Waals surface area contributed by atoms with E-state index in [0.717, 1.165) is 18.5 Å². The summed E-state index contributed by atoms with van der Waals surface area (Å²) in [6, 6.07) is 16.5. The lowest BCUT2D eigenvalue weighted by Crippen LogP contribution is -2.17. The second-order valence-corrected chi connectivity index (χ2v) is 5.20. The molecular weight excluding hydrogens is 246 g/mol. The zero-order valence-electron chi connectivity index (χ0n) is 11.3. The minimum absolute atomic E-state index is 0.326. The predicted molar refractivity (Wildman–Crippen MR) is 81.3 cm³/mol. The Balaban J connectivity index is 1.86. The van der Waals surface area contributed by atoms with Gasteiger partial charge in [0.25, 0.3) is 0 Å². The molecule has 0 heterocycles. The highest BCUT2D eigenvalue weighted by Crippen LogP contribution is 2.32. The van der Waals surface area contributed by atoms with Crippen molar-refractivity contribution in [2.45, 2.75) is 25.3 Å². The minimum atomic E-state index is 0.326. The van der Waals surface area contributed by atoms with Gasteiger partial charge in [0.2, 0.25) is 0 Å². The lowest BCUT2D eigenvalue weighted by Gasteiger charge is -2.27. The van der Waals surface area contributed by atoms with Crippen LogP contribution in [0.3, 0.4) is 0 Å². The monoisotopic (exact) mass is 263 g/mol. The summed E-state index contributed by atoms with van der Waals surface area (Å²) in [6.07, 6.45) is 3.47. The summed E-state index contributed by atoms with van der Waals surface area (Å²) in [6.45, 7) is 0. The highest BCUT2D eigenvalue weighted by atomic mass is 14.9. The third-order valence-electron chi connectivity index (χ3n) is 3.88. The Labute approximate surface area is 119 Å². The first-order chi connectivity index (χ1) is 9.78. The van der Waals surface area contributed by atoms with Gasteiger partial charge in [0.1, 0.15) is 6.07 Å². The van der Waals surface area contributed by atoms with Gasteiger partial charge in [0.15, 0.2) is 0 Å². The van der Waals surface area contributed by atoms with Crippen molar-refractivity contribution >= 4 is 11.4 Å². The van der Waals surface area contributed by atoms with E-state index >= 15 is 0 Å². The normalized spacial score (nSPS) is 17.1. The Hall–Kier alpha value is -2.47. The molecular formula is C17H17N3. The molecule has 0 saturated heterocycles. The van der Waals surface area contributed by atoms with E-state index in [-0.39, 0.29) is 0 Å². The quantitative estimate of drug-likeness (QED) is 0.813. The minimum Gasteiger partial charge on any atom is -0.398 e. The molecule has 3 nitrogen and oxygen atoms in total. The van der Waals surface area contributed by atoms with E-state index in [9.17, 15) is 0 Å². The molecule has 3 rings (SSSR count). The van der Waals surface area contributed by atoms with Gasteiger partial charge in [-0.3, -0.25) is 0 Å². The Morgan fingerprint density at radius 3 is 2.85 bits per heavy atom. The van der Waals surface area contributed by atoms with E-state index in [2.05, 4.69) is 35.7 Å². The average molecular weight is 263 g/mol. The summed E-state index contributed by atoms with van der Waals surface area (Å²) in [4.78, 5) is 0. The van der Waals surface area contributed by atoms with Crippen molar-refractivity contribution in [3.8, 4) is 6.07 Å². The molecule has 1 aliphatic rings. The molecule has 1 aliphatic carbocycles. The van der Waals surface area contributed by atoms with E-state index in [4.69, 9.17) is 11.0 Å². The number of hydrogen-bond donors (Lipinski definition) is 2. The molecule has 20 heavy (non-hydrogen) atoms. The van der Waals surface area contributed by atoms with Crippen LogP contribution in [0.5, 0.6) is 0 Å². The van der Waals surface area contributed by atoms with Gasteiger partial charge in [-0.25, -0.2) is 0 Å². The molecule has 0 aromatic heterocycles. The van der Waals surface area contributed by atoms with Gasteiger partial charge in [0, 0.05) is 5.69 Å². The number of nitrogen functional groups attached to an aromatic ring is 1. The fraction of sp³-hybridized carbons (Fsp3) is 0.235. The summed E-state index contributed by atoms with van der Waals surface area (Å²) >= 11 is 0. The number of nitrogens with two attached hydrogens (primary N) is 1. The summed E-state index contributed by atoms with van der Waals surface area (Å²) in [5.41, 5.74) is 10.7. The number of benzene rings is 2. The SMILES string of the molecule is N#Cc1ccc(NC2CCCc3ccccc32)cc1N. The molecule has 2 aromatic carbocycles. The molecule has 0 radical (unpaired) electrons. The summed E-state index contributed by atoms with van der Waals surface area (Å²) in [5, 5.41) is 12.5. The van der Waals surface area contributed by atoms with E-state index in [1.807, 2.05) is 12.1 Å². The zero-order chi connectivity index (χ0) is 13.9. The molecule has 0 saturated carbocycles. The van der Waals surface area contributed by atoms with E-state index in [0.29, 0.717) is 17.3 Å². The van der Waals surface area contributed by atoms with Crippen molar-refractivity contribution in [3.05, 3.63) is 59.2 Å². The van der Waals surface area contributed by atoms with Crippen LogP contribution in [-0.2, 0) is 6.42 Å². The first-order valence-electron chi connectivity index (χ1n) is 6.92. The van der Waals surface area contributed by atoms with Crippen LogP contribution in [0.4, 0.5) is 11.4 Å². The molecule has 3 N–H and O–H groups in total. The van der Waals surface area contributed by atoms with Crippen LogP contribution in [0, 0.1) is 11.3 Å². The number of nitrogens with zero attached hydrogens (tertiary/aromatic N) is 1. The average Bonchev–Trinajstić information content (AvgIpc) is 2.48. The molecule has 0 spiro atoms. The van der Waals surface area contributed by atoms with E-state index < -0.39 is 0 Å². The Bertz CT molecular complexity index is 670. The molecule has 1 unspecified atom stereocenters. The molecule has 3 heteroatoms. The Morgan fingerprint density at radius 1 is 1.20 bits per heavy atom. The van der Waals surface area contributed by atoms with Gasteiger partial charge in [-0.05, 0) is 48.6 Å². The van der Waals surface area contributed by atoms with Gasteiger partial charge >= 0.3 is 0 Å². The lowest BCUT2D eigenvalue weighted by molar-refractivity contribution is 0.600. The summed E-state index contributed by atoms with van der Waals surface area (Å²) < 4.78 is 0. The maximum Gasteiger partial charge on any atom is 0.101 e.